The van der Waals surface area contributed by atoms with Gasteiger partial charge in [-0.1, -0.05) is 30.0 Å². The molecule has 112 valence electrons. The predicted molar refractivity (Wildman–Crippen MR) is 77.8 cm³/mol. The molecule has 0 aromatic heterocycles. The molecule has 1 saturated heterocycles. The van der Waals surface area contributed by atoms with Crippen molar-refractivity contribution >= 4 is 6.09 Å². The third-order valence-electron chi connectivity index (χ3n) is 3.46. The summed E-state index contributed by atoms with van der Waals surface area (Å²) in [6.45, 7) is 3.71. The first-order valence-electron chi connectivity index (χ1n) is 6.71. The zero-order chi connectivity index (χ0) is 15.5. The van der Waals surface area contributed by atoms with Gasteiger partial charge in [0.25, 0.3) is 0 Å². The first-order chi connectivity index (χ1) is 9.95. The Bertz CT molecular complexity index is 559. The van der Waals surface area contributed by atoms with Crippen molar-refractivity contribution in [3.8, 4) is 11.8 Å². The van der Waals surface area contributed by atoms with Gasteiger partial charge in [-0.3, -0.25) is 4.90 Å². The van der Waals surface area contributed by atoms with Crippen molar-refractivity contribution in [1.29, 1.82) is 0 Å². The van der Waals surface area contributed by atoms with Gasteiger partial charge in [-0.15, -0.1) is 0 Å². The normalized spacial score (nSPS) is 21.5. The molecule has 2 atom stereocenters. The molecule has 1 N–H and O–H groups in total. The highest BCUT2D eigenvalue weighted by molar-refractivity contribution is 5.67. The second kappa shape index (κ2) is 6.17. The molecule has 0 aliphatic carbocycles. The molecule has 0 radical (unpaired) electrons. The maximum Gasteiger partial charge on any atom is 0.410 e. The van der Waals surface area contributed by atoms with Gasteiger partial charge in [0.05, 0.1) is 12.6 Å². The number of nitrogens with zero attached hydrogens (tertiary/aromatic N) is 1. The van der Waals surface area contributed by atoms with Crippen LogP contribution >= 0.6 is 0 Å². The number of carbonyl (C=O) groups is 1. The lowest BCUT2D eigenvalue weighted by atomic mass is 10.1. The predicted octanol–water partition coefficient (Wildman–Crippen LogP) is 2.17. The summed E-state index contributed by atoms with van der Waals surface area (Å²) in [5.41, 5.74) is -0.0126. The first-order valence-corrected chi connectivity index (χ1v) is 6.71. The van der Waals surface area contributed by atoms with Gasteiger partial charge in [0.1, 0.15) is 11.8 Å². The number of hydrogen-bond acceptors (Lipinski definition) is 3. The molecule has 0 saturated carbocycles. The van der Waals surface area contributed by atoms with E-state index < -0.39 is 24.0 Å². The average Bonchev–Trinajstić information content (AvgIpc) is 2.76. The van der Waals surface area contributed by atoms with Crippen molar-refractivity contribution in [3.05, 3.63) is 35.9 Å². The van der Waals surface area contributed by atoms with Crippen LogP contribution in [-0.4, -0.2) is 47.7 Å². The fourth-order valence-electron chi connectivity index (χ4n) is 2.42. The van der Waals surface area contributed by atoms with Crippen molar-refractivity contribution in [2.45, 2.75) is 31.7 Å². The maximum atomic E-state index is 11.5. The van der Waals surface area contributed by atoms with Crippen LogP contribution in [0.3, 0.4) is 0 Å². The van der Waals surface area contributed by atoms with Crippen molar-refractivity contribution in [2.75, 3.05) is 13.7 Å². The summed E-state index contributed by atoms with van der Waals surface area (Å²) in [4.78, 5) is 12.7. The fraction of sp³-hybridized carbons (Fsp3) is 0.438. The molecule has 1 aliphatic heterocycles. The summed E-state index contributed by atoms with van der Waals surface area (Å²) in [5.74, 6) is 6.00. The highest BCUT2D eigenvalue weighted by Gasteiger charge is 2.47. The summed E-state index contributed by atoms with van der Waals surface area (Å²) in [6.07, 6.45) is -1.57. The van der Waals surface area contributed by atoms with Crippen molar-refractivity contribution in [3.63, 3.8) is 0 Å². The molecular formula is C16H19NO4. The Balaban J connectivity index is 2.22. The zero-order valence-electron chi connectivity index (χ0n) is 12.4. The zero-order valence-corrected chi connectivity index (χ0v) is 12.4. The first kappa shape index (κ1) is 15.4. The van der Waals surface area contributed by atoms with E-state index in [2.05, 4.69) is 11.8 Å². The number of hydrogen-bond donors (Lipinski definition) is 1. The van der Waals surface area contributed by atoms with Gasteiger partial charge in [-0.2, -0.15) is 0 Å². The van der Waals surface area contributed by atoms with E-state index in [1.165, 1.54) is 12.0 Å². The van der Waals surface area contributed by atoms with Gasteiger partial charge in [0.15, 0.2) is 0 Å². The molecule has 0 unspecified atom stereocenters. The number of ether oxygens (including phenoxy) is 2. The van der Waals surface area contributed by atoms with E-state index in [1.54, 1.807) is 13.8 Å². The fourth-order valence-corrected chi connectivity index (χ4v) is 2.42. The Labute approximate surface area is 124 Å². The molecule has 1 heterocycles. The summed E-state index contributed by atoms with van der Waals surface area (Å²) < 4.78 is 10.9. The van der Waals surface area contributed by atoms with E-state index in [9.17, 15) is 9.90 Å². The molecule has 1 amide bonds. The van der Waals surface area contributed by atoms with Gasteiger partial charge in [-0.05, 0) is 26.0 Å². The van der Waals surface area contributed by atoms with Crippen LogP contribution in [0.15, 0.2) is 30.3 Å². The molecule has 0 bridgehead atoms. The lowest BCUT2D eigenvalue weighted by Gasteiger charge is -2.32. The summed E-state index contributed by atoms with van der Waals surface area (Å²) in [5, 5.41) is 9.39. The summed E-state index contributed by atoms with van der Waals surface area (Å²) >= 11 is 0. The minimum atomic E-state index is -1.04. The Morgan fingerprint density at radius 2 is 2.14 bits per heavy atom. The van der Waals surface area contributed by atoms with Gasteiger partial charge in [-0.25, -0.2) is 4.79 Å². The Morgan fingerprint density at radius 3 is 2.71 bits per heavy atom. The van der Waals surface area contributed by atoms with Crippen LogP contribution in [-0.2, 0) is 9.47 Å². The number of methoxy groups -OCH3 is 1. The molecule has 0 spiro atoms. The van der Waals surface area contributed by atoms with Crippen molar-refractivity contribution < 1.29 is 19.4 Å². The van der Waals surface area contributed by atoms with Crippen molar-refractivity contribution in [2.24, 2.45) is 0 Å². The minimum absolute atomic E-state index is 0.265. The number of rotatable bonds is 2. The van der Waals surface area contributed by atoms with E-state index in [0.717, 1.165) is 5.56 Å². The van der Waals surface area contributed by atoms with E-state index in [0.29, 0.717) is 0 Å². The summed E-state index contributed by atoms with van der Waals surface area (Å²) in [7, 11) is 1.52. The lowest BCUT2D eigenvalue weighted by molar-refractivity contribution is -0.0458. The van der Waals surface area contributed by atoms with E-state index in [-0.39, 0.29) is 6.61 Å². The molecule has 1 aromatic rings. The number of carboxylic acid groups (broad SMARTS) is 1. The standard InChI is InChI=1S/C16H19NO4/c1-16(2)17(15(18)19)13(11-21-16)14(20-3)10-9-12-7-5-4-6-8-12/h4-8,13-14H,11H2,1-3H3,(H,18,19)/t13-,14+/m0/s1. The molecule has 5 nitrogen and oxygen atoms in total. The maximum absolute atomic E-state index is 11.5. The van der Waals surface area contributed by atoms with Gasteiger partial charge in [0, 0.05) is 12.7 Å². The SMILES string of the molecule is CO[C@H](C#Cc1ccccc1)[C@@H]1COC(C)(C)N1C(=O)O. The largest absolute Gasteiger partial charge is 0.465 e. The molecule has 21 heavy (non-hydrogen) atoms. The second-order valence-electron chi connectivity index (χ2n) is 5.27. The Morgan fingerprint density at radius 1 is 1.48 bits per heavy atom. The number of amides is 1. The molecule has 1 fully saturated rings. The molecule has 5 heteroatoms. The van der Waals surface area contributed by atoms with Gasteiger partial charge < -0.3 is 14.6 Å². The smallest absolute Gasteiger partial charge is 0.410 e. The van der Waals surface area contributed by atoms with E-state index in [4.69, 9.17) is 9.47 Å². The van der Waals surface area contributed by atoms with E-state index >= 15 is 0 Å². The van der Waals surface area contributed by atoms with Crippen LogP contribution < -0.4 is 0 Å². The van der Waals surface area contributed by atoms with Crippen LogP contribution in [0.1, 0.15) is 19.4 Å². The van der Waals surface area contributed by atoms with Crippen LogP contribution in [0, 0.1) is 11.8 Å². The second-order valence-corrected chi connectivity index (χ2v) is 5.27. The topological polar surface area (TPSA) is 59.0 Å². The molecule has 1 aliphatic rings. The van der Waals surface area contributed by atoms with Crippen molar-refractivity contribution in [1.82, 2.24) is 4.90 Å². The van der Waals surface area contributed by atoms with Crippen LogP contribution in [0.2, 0.25) is 0 Å². The Hall–Kier alpha value is -2.03. The highest BCUT2D eigenvalue weighted by atomic mass is 16.5. The van der Waals surface area contributed by atoms with Gasteiger partial charge >= 0.3 is 6.09 Å². The third-order valence-corrected chi connectivity index (χ3v) is 3.46. The molecule has 2 rings (SSSR count). The minimum Gasteiger partial charge on any atom is -0.465 e. The average molecular weight is 289 g/mol. The Kier molecular flexibility index (Phi) is 4.51. The third kappa shape index (κ3) is 3.35. The van der Waals surface area contributed by atoms with Crippen LogP contribution in [0.4, 0.5) is 4.79 Å². The molecule has 1 aromatic carbocycles. The van der Waals surface area contributed by atoms with E-state index in [1.807, 2.05) is 30.3 Å². The quantitative estimate of drug-likeness (QED) is 0.848. The molecular weight excluding hydrogens is 270 g/mol. The lowest BCUT2D eigenvalue weighted by Crippen LogP contribution is -2.51. The summed E-state index contributed by atoms with van der Waals surface area (Å²) in [6, 6.07) is 9.05. The van der Waals surface area contributed by atoms with Crippen LogP contribution in [0.25, 0.3) is 0 Å². The monoisotopic (exact) mass is 289 g/mol. The van der Waals surface area contributed by atoms with Gasteiger partial charge in [0.2, 0.25) is 0 Å². The highest BCUT2D eigenvalue weighted by Crippen LogP contribution is 2.29. The number of benzene rings is 1. The van der Waals surface area contributed by atoms with Crippen LogP contribution in [0.5, 0.6) is 0 Å².